The fourth-order valence-electron chi connectivity index (χ4n) is 3.22. The number of benzene rings is 2. The number of hydrogen-bond donors (Lipinski definition) is 1. The van der Waals surface area contributed by atoms with Crippen LogP contribution < -0.4 is 5.73 Å². The van der Waals surface area contributed by atoms with Gasteiger partial charge < -0.3 is 10.6 Å². The van der Waals surface area contributed by atoms with Gasteiger partial charge in [-0.25, -0.2) is 0 Å². The van der Waals surface area contributed by atoms with E-state index >= 15 is 0 Å². The Morgan fingerprint density at radius 1 is 1.19 bits per heavy atom. The molecule has 1 fully saturated rings. The standard InChI is InChI=1S/C18H22N2O/c1-12-6-5-9-20(13(12)2)18(21)16-10-14-7-3-4-8-15(14)11-17(16)19/h3-4,7-8,10-13H,5-6,9,19H2,1-2H3. The van der Waals surface area contributed by atoms with Gasteiger partial charge in [0, 0.05) is 18.3 Å². The van der Waals surface area contributed by atoms with Crippen LogP contribution in [0.2, 0.25) is 0 Å². The minimum atomic E-state index is 0.0669. The topological polar surface area (TPSA) is 46.3 Å². The molecule has 21 heavy (non-hydrogen) atoms. The van der Waals surface area contributed by atoms with Crippen LogP contribution >= 0.6 is 0 Å². The van der Waals surface area contributed by atoms with Crippen LogP contribution in [0, 0.1) is 5.92 Å². The van der Waals surface area contributed by atoms with Gasteiger partial charge in [0.15, 0.2) is 0 Å². The maximum Gasteiger partial charge on any atom is 0.256 e. The van der Waals surface area contributed by atoms with Crippen LogP contribution in [0.15, 0.2) is 36.4 Å². The molecule has 0 aliphatic carbocycles. The number of rotatable bonds is 1. The van der Waals surface area contributed by atoms with Crippen LogP contribution in [-0.2, 0) is 0 Å². The van der Waals surface area contributed by atoms with Gasteiger partial charge in [-0.3, -0.25) is 4.79 Å². The van der Waals surface area contributed by atoms with Crippen LogP contribution in [-0.4, -0.2) is 23.4 Å². The molecule has 0 bridgehead atoms. The molecular weight excluding hydrogens is 260 g/mol. The highest BCUT2D eigenvalue weighted by atomic mass is 16.2. The van der Waals surface area contributed by atoms with Crippen molar-refractivity contribution in [3.05, 3.63) is 42.0 Å². The Bertz CT molecular complexity index is 680. The molecule has 3 rings (SSSR count). The van der Waals surface area contributed by atoms with E-state index in [1.165, 1.54) is 6.42 Å². The van der Waals surface area contributed by atoms with Crippen molar-refractivity contribution < 1.29 is 4.79 Å². The quantitative estimate of drug-likeness (QED) is 0.811. The van der Waals surface area contributed by atoms with Crippen LogP contribution in [0.4, 0.5) is 5.69 Å². The van der Waals surface area contributed by atoms with E-state index in [1.807, 2.05) is 41.3 Å². The molecule has 3 heteroatoms. The molecule has 2 N–H and O–H groups in total. The van der Waals surface area contributed by atoms with E-state index < -0.39 is 0 Å². The molecule has 0 saturated carbocycles. The number of amides is 1. The monoisotopic (exact) mass is 282 g/mol. The molecule has 3 nitrogen and oxygen atoms in total. The molecule has 2 unspecified atom stereocenters. The number of fused-ring (bicyclic) bond motifs is 1. The molecule has 2 atom stereocenters. The number of anilines is 1. The summed E-state index contributed by atoms with van der Waals surface area (Å²) in [6.45, 7) is 5.18. The first-order valence-corrected chi connectivity index (χ1v) is 7.67. The van der Waals surface area contributed by atoms with E-state index in [0.717, 1.165) is 23.7 Å². The summed E-state index contributed by atoms with van der Waals surface area (Å²) in [5.74, 6) is 0.613. The van der Waals surface area contributed by atoms with Crippen LogP contribution in [0.3, 0.4) is 0 Å². The third-order valence-corrected chi connectivity index (χ3v) is 4.78. The molecule has 0 radical (unpaired) electrons. The summed E-state index contributed by atoms with van der Waals surface area (Å²) in [5.41, 5.74) is 7.33. The maximum absolute atomic E-state index is 12.9. The van der Waals surface area contributed by atoms with E-state index in [-0.39, 0.29) is 11.9 Å². The molecule has 1 amide bonds. The lowest BCUT2D eigenvalue weighted by Gasteiger charge is -2.38. The number of nitrogen functional groups attached to an aromatic ring is 1. The lowest BCUT2D eigenvalue weighted by molar-refractivity contribution is 0.0552. The van der Waals surface area contributed by atoms with Gasteiger partial charge in [-0.2, -0.15) is 0 Å². The Labute approximate surface area is 125 Å². The van der Waals surface area contributed by atoms with Crippen molar-refractivity contribution in [1.29, 1.82) is 0 Å². The Hall–Kier alpha value is -2.03. The molecule has 0 aromatic heterocycles. The summed E-state index contributed by atoms with van der Waals surface area (Å²) < 4.78 is 0. The van der Waals surface area contributed by atoms with Gasteiger partial charge in [-0.1, -0.05) is 31.2 Å². The lowest BCUT2D eigenvalue weighted by atomic mass is 9.91. The predicted molar refractivity (Wildman–Crippen MR) is 87.3 cm³/mol. The van der Waals surface area contributed by atoms with Gasteiger partial charge in [0.2, 0.25) is 0 Å². The molecule has 1 aliphatic rings. The summed E-state index contributed by atoms with van der Waals surface area (Å²) in [6.07, 6.45) is 2.27. The average Bonchev–Trinajstić information content (AvgIpc) is 2.48. The van der Waals surface area contributed by atoms with Crippen LogP contribution in [0.25, 0.3) is 10.8 Å². The molecule has 1 aliphatic heterocycles. The summed E-state index contributed by atoms with van der Waals surface area (Å²) in [5, 5.41) is 2.14. The zero-order valence-corrected chi connectivity index (χ0v) is 12.7. The van der Waals surface area contributed by atoms with Crippen molar-refractivity contribution in [2.24, 2.45) is 5.92 Å². The number of nitrogens with zero attached hydrogens (tertiary/aromatic N) is 1. The molecule has 1 saturated heterocycles. The third kappa shape index (κ3) is 2.48. The first kappa shape index (κ1) is 13.9. The third-order valence-electron chi connectivity index (χ3n) is 4.78. The van der Waals surface area contributed by atoms with Crippen molar-refractivity contribution in [3.63, 3.8) is 0 Å². The van der Waals surface area contributed by atoms with E-state index in [4.69, 9.17) is 5.73 Å². The fourth-order valence-corrected chi connectivity index (χ4v) is 3.22. The summed E-state index contributed by atoms with van der Waals surface area (Å²) in [7, 11) is 0. The highest BCUT2D eigenvalue weighted by Gasteiger charge is 2.29. The van der Waals surface area contributed by atoms with Crippen molar-refractivity contribution in [1.82, 2.24) is 4.90 Å². The summed E-state index contributed by atoms with van der Waals surface area (Å²) >= 11 is 0. The van der Waals surface area contributed by atoms with Gasteiger partial charge in [0.05, 0.1) is 5.56 Å². The van der Waals surface area contributed by atoms with E-state index in [1.54, 1.807) is 0 Å². The number of hydrogen-bond acceptors (Lipinski definition) is 2. The smallest absolute Gasteiger partial charge is 0.256 e. The van der Waals surface area contributed by atoms with Gasteiger partial charge in [0.1, 0.15) is 0 Å². The summed E-state index contributed by atoms with van der Waals surface area (Å²) in [6, 6.07) is 12.1. The second kappa shape index (κ2) is 5.40. The fraction of sp³-hybridized carbons (Fsp3) is 0.389. The molecule has 2 aromatic carbocycles. The normalized spacial score (nSPS) is 22.5. The minimum absolute atomic E-state index is 0.0669. The first-order valence-electron chi connectivity index (χ1n) is 7.67. The van der Waals surface area contributed by atoms with Crippen molar-refractivity contribution >= 4 is 22.4 Å². The van der Waals surface area contributed by atoms with E-state index in [2.05, 4.69) is 13.8 Å². The number of carbonyl (C=O) groups excluding carboxylic acids is 1. The second-order valence-electron chi connectivity index (χ2n) is 6.15. The Morgan fingerprint density at radius 2 is 1.86 bits per heavy atom. The number of piperidine rings is 1. The number of nitrogens with two attached hydrogens (primary N) is 1. The Balaban J connectivity index is 1.99. The molecule has 110 valence electrons. The lowest BCUT2D eigenvalue weighted by Crippen LogP contribution is -2.46. The average molecular weight is 282 g/mol. The molecule has 0 spiro atoms. The Kier molecular flexibility index (Phi) is 3.58. The van der Waals surface area contributed by atoms with Crippen LogP contribution in [0.1, 0.15) is 37.0 Å². The number of likely N-dealkylation sites (tertiary alicyclic amines) is 1. The predicted octanol–water partition coefficient (Wildman–Crippen LogP) is 3.68. The molecule has 2 aromatic rings. The largest absolute Gasteiger partial charge is 0.398 e. The second-order valence-corrected chi connectivity index (χ2v) is 6.15. The highest BCUT2D eigenvalue weighted by Crippen LogP contribution is 2.28. The number of carbonyl (C=O) groups is 1. The zero-order valence-electron chi connectivity index (χ0n) is 12.7. The zero-order chi connectivity index (χ0) is 15.0. The van der Waals surface area contributed by atoms with Gasteiger partial charge in [-0.05, 0) is 48.6 Å². The van der Waals surface area contributed by atoms with Crippen molar-refractivity contribution in [2.75, 3.05) is 12.3 Å². The SMILES string of the molecule is CC1CCCN(C(=O)c2cc3ccccc3cc2N)C1C. The van der Waals surface area contributed by atoms with Crippen molar-refractivity contribution in [3.8, 4) is 0 Å². The molecule has 1 heterocycles. The Morgan fingerprint density at radius 3 is 2.57 bits per heavy atom. The van der Waals surface area contributed by atoms with Gasteiger partial charge in [0.25, 0.3) is 5.91 Å². The highest BCUT2D eigenvalue weighted by molar-refractivity contribution is 6.04. The maximum atomic E-state index is 12.9. The van der Waals surface area contributed by atoms with E-state index in [9.17, 15) is 4.79 Å². The van der Waals surface area contributed by atoms with Crippen molar-refractivity contribution in [2.45, 2.75) is 32.7 Å². The first-order chi connectivity index (χ1) is 10.1. The van der Waals surface area contributed by atoms with Crippen LogP contribution in [0.5, 0.6) is 0 Å². The minimum Gasteiger partial charge on any atom is -0.398 e. The van der Waals surface area contributed by atoms with E-state index in [0.29, 0.717) is 17.2 Å². The van der Waals surface area contributed by atoms with Gasteiger partial charge in [-0.15, -0.1) is 0 Å². The van der Waals surface area contributed by atoms with Gasteiger partial charge >= 0.3 is 0 Å². The summed E-state index contributed by atoms with van der Waals surface area (Å²) in [4.78, 5) is 14.8. The molecular formula is C18H22N2O.